The molecule has 3 heterocycles. The number of nitrogens with zero attached hydrogens (tertiary/aromatic N) is 4. The zero-order chi connectivity index (χ0) is 15.7. The van der Waals surface area contributed by atoms with Gasteiger partial charge in [-0.1, -0.05) is 0 Å². The normalized spacial score (nSPS) is 17.7. The second-order valence-corrected chi connectivity index (χ2v) is 5.90. The van der Waals surface area contributed by atoms with E-state index in [2.05, 4.69) is 15.3 Å². The van der Waals surface area contributed by atoms with E-state index in [1.54, 1.807) is 22.8 Å². The van der Waals surface area contributed by atoms with E-state index in [1.807, 2.05) is 13.1 Å². The van der Waals surface area contributed by atoms with Crippen molar-refractivity contribution in [3.05, 3.63) is 35.4 Å². The maximum absolute atomic E-state index is 12.4. The quantitative estimate of drug-likeness (QED) is 0.881. The molecule has 1 saturated heterocycles. The second kappa shape index (κ2) is 5.92. The third-order valence-electron chi connectivity index (χ3n) is 4.39. The van der Waals surface area contributed by atoms with Crippen molar-refractivity contribution in [1.29, 1.82) is 0 Å². The molecule has 2 N–H and O–H groups in total. The standard InChI is InChI=1S/C15H21N5O2/c1-10-13(8-16-18-10)11-3-5-20(6-4-11)15(22)14(21)12-7-17-19(2)9-12/h7-9,11,14,21H,3-6H2,1-2H3,(H,16,18). The highest BCUT2D eigenvalue weighted by atomic mass is 16.3. The summed E-state index contributed by atoms with van der Waals surface area (Å²) >= 11 is 0. The molecule has 1 aliphatic rings. The Balaban J connectivity index is 1.61. The lowest BCUT2D eigenvalue weighted by molar-refractivity contribution is -0.141. The molecular weight excluding hydrogens is 282 g/mol. The molecule has 2 aromatic heterocycles. The summed E-state index contributed by atoms with van der Waals surface area (Å²) in [6, 6.07) is 0. The zero-order valence-electron chi connectivity index (χ0n) is 12.9. The fraction of sp³-hybridized carbons (Fsp3) is 0.533. The number of aromatic amines is 1. The number of likely N-dealkylation sites (tertiary alicyclic amines) is 1. The summed E-state index contributed by atoms with van der Waals surface area (Å²) in [6.07, 6.45) is 5.74. The van der Waals surface area contributed by atoms with Crippen molar-refractivity contribution < 1.29 is 9.90 Å². The van der Waals surface area contributed by atoms with Crippen LogP contribution in [0.5, 0.6) is 0 Å². The van der Waals surface area contributed by atoms with Crippen molar-refractivity contribution in [2.24, 2.45) is 7.05 Å². The number of aromatic nitrogens is 4. The third-order valence-corrected chi connectivity index (χ3v) is 4.39. The van der Waals surface area contributed by atoms with E-state index in [4.69, 9.17) is 0 Å². The Morgan fingerprint density at radius 3 is 2.68 bits per heavy atom. The Hall–Kier alpha value is -2.15. The van der Waals surface area contributed by atoms with Crippen LogP contribution < -0.4 is 0 Å². The Bertz CT molecular complexity index is 654. The number of hydrogen-bond acceptors (Lipinski definition) is 4. The topological polar surface area (TPSA) is 87.0 Å². The molecule has 1 atom stereocenters. The molecule has 0 saturated carbocycles. The van der Waals surface area contributed by atoms with Gasteiger partial charge in [-0.2, -0.15) is 10.2 Å². The first-order chi connectivity index (χ1) is 10.6. The van der Waals surface area contributed by atoms with Crippen LogP contribution in [0.2, 0.25) is 0 Å². The summed E-state index contributed by atoms with van der Waals surface area (Å²) in [5.41, 5.74) is 2.88. The summed E-state index contributed by atoms with van der Waals surface area (Å²) in [4.78, 5) is 14.1. The van der Waals surface area contributed by atoms with Crippen molar-refractivity contribution in [3.63, 3.8) is 0 Å². The van der Waals surface area contributed by atoms with Gasteiger partial charge >= 0.3 is 0 Å². The molecule has 0 bridgehead atoms. The lowest BCUT2D eigenvalue weighted by atomic mass is 9.89. The molecule has 0 spiro atoms. The molecular formula is C15H21N5O2. The first kappa shape index (κ1) is 14.8. The maximum atomic E-state index is 12.4. The average Bonchev–Trinajstić information content (AvgIpc) is 3.14. The van der Waals surface area contributed by atoms with Gasteiger partial charge in [0.2, 0.25) is 0 Å². The van der Waals surface area contributed by atoms with E-state index in [-0.39, 0.29) is 5.91 Å². The van der Waals surface area contributed by atoms with E-state index in [1.165, 1.54) is 11.8 Å². The molecule has 0 aromatic carbocycles. The molecule has 7 heteroatoms. The molecule has 118 valence electrons. The number of hydrogen-bond donors (Lipinski definition) is 2. The lowest BCUT2D eigenvalue weighted by Gasteiger charge is -2.33. The van der Waals surface area contributed by atoms with Gasteiger partial charge in [0.1, 0.15) is 0 Å². The summed E-state index contributed by atoms with van der Waals surface area (Å²) in [6.45, 7) is 3.34. The van der Waals surface area contributed by atoms with Crippen molar-refractivity contribution in [1.82, 2.24) is 24.9 Å². The van der Waals surface area contributed by atoms with Crippen molar-refractivity contribution in [2.75, 3.05) is 13.1 Å². The van der Waals surface area contributed by atoms with Gasteiger partial charge in [-0.25, -0.2) is 0 Å². The molecule has 22 heavy (non-hydrogen) atoms. The number of aryl methyl sites for hydroxylation is 2. The highest BCUT2D eigenvalue weighted by Crippen LogP contribution is 2.30. The van der Waals surface area contributed by atoms with Gasteiger partial charge in [-0.15, -0.1) is 0 Å². The van der Waals surface area contributed by atoms with Crippen LogP contribution in [0.25, 0.3) is 0 Å². The van der Waals surface area contributed by atoms with Crippen LogP contribution in [0.1, 0.15) is 41.7 Å². The average molecular weight is 303 g/mol. The number of aliphatic hydroxyl groups is 1. The predicted octanol–water partition coefficient (Wildman–Crippen LogP) is 0.891. The van der Waals surface area contributed by atoms with Gasteiger partial charge < -0.3 is 10.0 Å². The highest BCUT2D eigenvalue weighted by Gasteiger charge is 2.29. The SMILES string of the molecule is Cc1[nH]ncc1C1CCN(C(=O)C(O)c2cnn(C)c2)CC1. The molecule has 2 aromatic rings. The van der Waals surface area contributed by atoms with Crippen molar-refractivity contribution in [2.45, 2.75) is 31.8 Å². The third kappa shape index (κ3) is 2.76. The predicted molar refractivity (Wildman–Crippen MR) is 80.0 cm³/mol. The molecule has 1 fully saturated rings. The van der Waals surface area contributed by atoms with Crippen LogP contribution in [0.3, 0.4) is 0 Å². The largest absolute Gasteiger partial charge is 0.378 e. The van der Waals surface area contributed by atoms with Gasteiger partial charge in [0.05, 0.1) is 12.4 Å². The van der Waals surface area contributed by atoms with E-state index < -0.39 is 6.10 Å². The summed E-state index contributed by atoms with van der Waals surface area (Å²) in [7, 11) is 1.76. The number of carbonyl (C=O) groups is 1. The molecule has 0 radical (unpaired) electrons. The minimum absolute atomic E-state index is 0.240. The number of piperidine rings is 1. The number of amides is 1. The Morgan fingerprint density at radius 2 is 2.14 bits per heavy atom. The van der Waals surface area contributed by atoms with Crippen molar-refractivity contribution >= 4 is 5.91 Å². The van der Waals surface area contributed by atoms with Crippen LogP contribution in [0.15, 0.2) is 18.6 Å². The monoisotopic (exact) mass is 303 g/mol. The number of rotatable bonds is 3. The van der Waals surface area contributed by atoms with Gasteiger partial charge in [0, 0.05) is 37.6 Å². The molecule has 0 aliphatic carbocycles. The molecule has 1 amide bonds. The minimum Gasteiger partial charge on any atom is -0.378 e. The first-order valence-corrected chi connectivity index (χ1v) is 7.51. The first-order valence-electron chi connectivity index (χ1n) is 7.51. The maximum Gasteiger partial charge on any atom is 0.256 e. The van der Waals surface area contributed by atoms with Crippen LogP contribution in [0.4, 0.5) is 0 Å². The lowest BCUT2D eigenvalue weighted by Crippen LogP contribution is -2.40. The van der Waals surface area contributed by atoms with Gasteiger partial charge in [-0.05, 0) is 31.2 Å². The van der Waals surface area contributed by atoms with Crippen molar-refractivity contribution in [3.8, 4) is 0 Å². The number of H-pyrrole nitrogens is 1. The minimum atomic E-state index is -1.12. The van der Waals surface area contributed by atoms with Gasteiger partial charge in [-0.3, -0.25) is 14.6 Å². The molecule has 1 unspecified atom stereocenters. The summed E-state index contributed by atoms with van der Waals surface area (Å²) < 4.78 is 1.58. The number of nitrogens with one attached hydrogen (secondary N) is 1. The second-order valence-electron chi connectivity index (χ2n) is 5.90. The van der Waals surface area contributed by atoms with Crippen LogP contribution in [-0.2, 0) is 11.8 Å². The molecule has 1 aliphatic heterocycles. The fourth-order valence-corrected chi connectivity index (χ4v) is 3.08. The number of aliphatic hydroxyl groups excluding tert-OH is 1. The summed E-state index contributed by atoms with van der Waals surface area (Å²) in [5.74, 6) is 0.189. The van der Waals surface area contributed by atoms with Crippen LogP contribution in [-0.4, -0.2) is 49.0 Å². The Morgan fingerprint density at radius 1 is 1.41 bits per heavy atom. The Kier molecular flexibility index (Phi) is 3.98. The van der Waals surface area contributed by atoms with E-state index in [0.717, 1.165) is 18.5 Å². The van der Waals surface area contributed by atoms with E-state index in [9.17, 15) is 9.90 Å². The van der Waals surface area contributed by atoms with Gasteiger partial charge in [0.15, 0.2) is 6.10 Å². The fourth-order valence-electron chi connectivity index (χ4n) is 3.08. The Labute approximate surface area is 128 Å². The molecule has 7 nitrogen and oxygen atoms in total. The molecule has 3 rings (SSSR count). The summed E-state index contributed by atoms with van der Waals surface area (Å²) in [5, 5.41) is 21.2. The van der Waals surface area contributed by atoms with E-state index in [0.29, 0.717) is 24.6 Å². The van der Waals surface area contributed by atoms with E-state index >= 15 is 0 Å². The van der Waals surface area contributed by atoms with Crippen LogP contribution in [0, 0.1) is 6.92 Å². The van der Waals surface area contributed by atoms with Gasteiger partial charge in [0.25, 0.3) is 5.91 Å². The number of carbonyl (C=O) groups excluding carboxylic acids is 1. The smallest absolute Gasteiger partial charge is 0.256 e. The zero-order valence-corrected chi connectivity index (χ0v) is 12.9. The van der Waals surface area contributed by atoms with Crippen LogP contribution >= 0.6 is 0 Å². The highest BCUT2D eigenvalue weighted by molar-refractivity contribution is 5.82.